The third-order valence-electron chi connectivity index (χ3n) is 2.60. The fraction of sp³-hybridized carbons (Fsp3) is 0.0909. The van der Waals surface area contributed by atoms with Crippen LogP contribution in [0.1, 0.15) is 0 Å². The van der Waals surface area contributed by atoms with E-state index in [9.17, 15) is 0 Å². The second-order valence-corrected chi connectivity index (χ2v) is 4.19. The minimum Gasteiger partial charge on any atom is -0.368 e. The van der Waals surface area contributed by atoms with Gasteiger partial charge < -0.3 is 5.73 Å². The lowest BCUT2D eigenvalue weighted by atomic mass is 10.1. The Morgan fingerprint density at radius 3 is 2.94 bits per heavy atom. The van der Waals surface area contributed by atoms with Crippen LogP contribution in [0.5, 0.6) is 0 Å². The first-order chi connectivity index (χ1) is 8.65. The predicted octanol–water partition coefficient (Wildman–Crippen LogP) is 1.66. The van der Waals surface area contributed by atoms with Gasteiger partial charge in [-0.3, -0.25) is 0 Å². The number of nitrogens with zero attached hydrogens (tertiary/aromatic N) is 5. The van der Waals surface area contributed by atoms with Crippen molar-refractivity contribution >= 4 is 28.6 Å². The summed E-state index contributed by atoms with van der Waals surface area (Å²) >= 11 is 5.88. The van der Waals surface area contributed by atoms with Gasteiger partial charge in [0.05, 0.1) is 5.39 Å². The first-order valence-electron chi connectivity index (χ1n) is 5.22. The van der Waals surface area contributed by atoms with Gasteiger partial charge in [-0.25, -0.2) is 14.6 Å². The maximum absolute atomic E-state index is 5.88. The topological polar surface area (TPSA) is 82.5 Å². The molecule has 3 heterocycles. The van der Waals surface area contributed by atoms with E-state index >= 15 is 0 Å². The highest BCUT2D eigenvalue weighted by molar-refractivity contribution is 6.29. The Labute approximate surface area is 107 Å². The van der Waals surface area contributed by atoms with E-state index in [-0.39, 0.29) is 5.95 Å². The highest BCUT2D eigenvalue weighted by atomic mass is 35.5. The summed E-state index contributed by atoms with van der Waals surface area (Å²) < 4.78 is 1.66. The van der Waals surface area contributed by atoms with E-state index in [0.29, 0.717) is 10.8 Å². The molecule has 0 saturated carbocycles. The van der Waals surface area contributed by atoms with Crippen molar-refractivity contribution in [1.29, 1.82) is 0 Å². The van der Waals surface area contributed by atoms with Crippen molar-refractivity contribution in [2.75, 3.05) is 5.73 Å². The minimum absolute atomic E-state index is 0.227. The number of pyridine rings is 1. The zero-order valence-electron chi connectivity index (χ0n) is 9.50. The highest BCUT2D eigenvalue weighted by Gasteiger charge is 2.12. The van der Waals surface area contributed by atoms with Gasteiger partial charge in [0.15, 0.2) is 5.65 Å². The Morgan fingerprint density at radius 2 is 2.17 bits per heavy atom. The van der Waals surface area contributed by atoms with Crippen molar-refractivity contribution in [2.45, 2.75) is 0 Å². The monoisotopic (exact) mass is 260 g/mol. The van der Waals surface area contributed by atoms with Crippen LogP contribution in [0.4, 0.5) is 5.95 Å². The Kier molecular flexibility index (Phi) is 2.38. The molecule has 2 N–H and O–H groups in total. The van der Waals surface area contributed by atoms with Crippen LogP contribution >= 0.6 is 11.6 Å². The molecule has 90 valence electrons. The van der Waals surface area contributed by atoms with Crippen molar-refractivity contribution in [3.8, 4) is 11.3 Å². The fourth-order valence-electron chi connectivity index (χ4n) is 1.81. The Morgan fingerprint density at radius 1 is 1.33 bits per heavy atom. The second-order valence-electron chi connectivity index (χ2n) is 3.80. The van der Waals surface area contributed by atoms with E-state index in [2.05, 4.69) is 20.1 Å². The molecule has 0 amide bonds. The van der Waals surface area contributed by atoms with Crippen LogP contribution < -0.4 is 5.73 Å². The number of fused-ring (bicyclic) bond motifs is 1. The lowest BCUT2D eigenvalue weighted by Gasteiger charge is -1.97. The normalized spacial score (nSPS) is 11.0. The van der Waals surface area contributed by atoms with E-state index in [1.165, 1.54) is 0 Å². The fourth-order valence-corrected chi connectivity index (χ4v) is 1.99. The molecule has 3 aromatic rings. The number of hydrogen-bond acceptors (Lipinski definition) is 5. The lowest BCUT2D eigenvalue weighted by molar-refractivity contribution is 0.789. The smallest absolute Gasteiger partial charge is 0.222 e. The summed E-state index contributed by atoms with van der Waals surface area (Å²) in [5.41, 5.74) is 7.89. The van der Waals surface area contributed by atoms with Gasteiger partial charge in [-0.05, 0) is 12.1 Å². The maximum Gasteiger partial charge on any atom is 0.222 e. The number of hydrogen-bond donors (Lipinski definition) is 1. The summed E-state index contributed by atoms with van der Waals surface area (Å²) in [6, 6.07) is 3.59. The van der Waals surface area contributed by atoms with Gasteiger partial charge in [-0.2, -0.15) is 10.1 Å². The lowest BCUT2D eigenvalue weighted by Crippen LogP contribution is -1.97. The summed E-state index contributed by atoms with van der Waals surface area (Å²) in [7, 11) is 1.81. The predicted molar refractivity (Wildman–Crippen MR) is 69.0 cm³/mol. The van der Waals surface area contributed by atoms with Crippen molar-refractivity contribution in [3.63, 3.8) is 0 Å². The van der Waals surface area contributed by atoms with Crippen molar-refractivity contribution < 1.29 is 0 Å². The summed E-state index contributed by atoms with van der Waals surface area (Å²) in [5, 5.41) is 5.66. The van der Waals surface area contributed by atoms with Gasteiger partial charge in [0, 0.05) is 25.0 Å². The number of anilines is 1. The SMILES string of the molecule is Cn1nc(-c2ccnc(Cl)c2)c2cnc(N)nc21. The highest BCUT2D eigenvalue weighted by Crippen LogP contribution is 2.27. The van der Waals surface area contributed by atoms with Gasteiger partial charge in [-0.1, -0.05) is 11.6 Å². The molecule has 0 saturated heterocycles. The van der Waals surface area contributed by atoms with E-state index in [4.69, 9.17) is 17.3 Å². The molecule has 6 nitrogen and oxygen atoms in total. The number of nitrogens with two attached hydrogens (primary N) is 1. The molecule has 0 atom stereocenters. The molecule has 0 aliphatic rings. The molecule has 3 aromatic heterocycles. The number of aryl methyl sites for hydroxylation is 1. The molecule has 0 bridgehead atoms. The third kappa shape index (κ3) is 1.67. The van der Waals surface area contributed by atoms with Crippen molar-refractivity contribution in [1.82, 2.24) is 24.7 Å². The Bertz CT molecular complexity index is 735. The number of nitrogen functional groups attached to an aromatic ring is 1. The molecule has 0 aliphatic carbocycles. The third-order valence-corrected chi connectivity index (χ3v) is 2.81. The van der Waals surface area contributed by atoms with Crippen LogP contribution in [0.15, 0.2) is 24.5 Å². The molecule has 0 radical (unpaired) electrons. The first-order valence-corrected chi connectivity index (χ1v) is 5.60. The summed E-state index contributed by atoms with van der Waals surface area (Å²) in [4.78, 5) is 12.1. The molecule has 18 heavy (non-hydrogen) atoms. The summed E-state index contributed by atoms with van der Waals surface area (Å²) in [6.07, 6.45) is 3.30. The molecule has 0 aromatic carbocycles. The Balaban J connectivity index is 2.30. The Hall–Kier alpha value is -2.21. The zero-order valence-corrected chi connectivity index (χ0v) is 10.3. The van der Waals surface area contributed by atoms with Crippen LogP contribution in [0.3, 0.4) is 0 Å². The van der Waals surface area contributed by atoms with Crippen molar-refractivity contribution in [2.24, 2.45) is 7.05 Å². The quantitative estimate of drug-likeness (QED) is 0.673. The van der Waals surface area contributed by atoms with Gasteiger partial charge in [-0.15, -0.1) is 0 Å². The molecule has 0 unspecified atom stereocenters. The van der Waals surface area contributed by atoms with Gasteiger partial charge in [0.1, 0.15) is 10.8 Å². The van der Waals surface area contributed by atoms with Crippen LogP contribution in [0.25, 0.3) is 22.3 Å². The van der Waals surface area contributed by atoms with Crippen LogP contribution in [0.2, 0.25) is 5.15 Å². The van der Waals surface area contributed by atoms with Gasteiger partial charge in [0.25, 0.3) is 0 Å². The van der Waals surface area contributed by atoms with Crippen LogP contribution in [0, 0.1) is 0 Å². The average Bonchev–Trinajstić information content (AvgIpc) is 2.67. The standard InChI is InChI=1S/C11H9ClN6/c1-18-10-7(5-15-11(13)16-10)9(17-18)6-2-3-14-8(12)4-6/h2-5H,1H3,(H2,13,15,16). The zero-order chi connectivity index (χ0) is 12.7. The van der Waals surface area contributed by atoms with Crippen molar-refractivity contribution in [3.05, 3.63) is 29.7 Å². The molecule has 3 rings (SSSR count). The number of halogens is 1. The van der Waals surface area contributed by atoms with E-state index in [1.807, 2.05) is 6.07 Å². The van der Waals surface area contributed by atoms with Crippen LogP contribution in [-0.4, -0.2) is 24.7 Å². The van der Waals surface area contributed by atoms with E-state index < -0.39 is 0 Å². The largest absolute Gasteiger partial charge is 0.368 e. The molecule has 0 fully saturated rings. The maximum atomic E-state index is 5.88. The molecular formula is C11H9ClN6. The number of aromatic nitrogens is 5. The second kappa shape index (κ2) is 3.92. The first kappa shape index (κ1) is 10.9. The minimum atomic E-state index is 0.227. The average molecular weight is 261 g/mol. The summed E-state index contributed by atoms with van der Waals surface area (Å²) in [6.45, 7) is 0. The van der Waals surface area contributed by atoms with E-state index in [1.54, 1.807) is 30.2 Å². The molecule has 7 heteroatoms. The van der Waals surface area contributed by atoms with Gasteiger partial charge in [0.2, 0.25) is 5.95 Å². The van der Waals surface area contributed by atoms with E-state index in [0.717, 1.165) is 16.6 Å². The summed E-state index contributed by atoms with van der Waals surface area (Å²) in [5.74, 6) is 0.227. The molecule has 0 aliphatic heterocycles. The molecular weight excluding hydrogens is 252 g/mol. The van der Waals surface area contributed by atoms with Crippen LogP contribution in [-0.2, 0) is 7.05 Å². The van der Waals surface area contributed by atoms with Gasteiger partial charge >= 0.3 is 0 Å². The number of rotatable bonds is 1. The molecule has 0 spiro atoms.